The molecule has 0 spiro atoms. The fraction of sp³-hybridized carbons (Fsp3) is 0.353. The number of aryl methyl sites for hydroxylation is 1. The van der Waals surface area contributed by atoms with Crippen molar-refractivity contribution in [3.8, 4) is 5.88 Å². The number of hydrogen-bond acceptors (Lipinski definition) is 7. The number of oxazole rings is 1. The molecule has 1 saturated heterocycles. The SMILES string of the molecule is Cn1c(=O)oc2ccc(S(=O)(=O)N3CCC[C@@H](Oc4cnccn4)C3)cc21. The van der Waals surface area contributed by atoms with Crippen molar-refractivity contribution < 1.29 is 17.6 Å². The summed E-state index contributed by atoms with van der Waals surface area (Å²) in [5.74, 6) is -0.161. The lowest BCUT2D eigenvalue weighted by Gasteiger charge is -2.31. The third-order valence-corrected chi connectivity index (χ3v) is 6.43. The summed E-state index contributed by atoms with van der Waals surface area (Å²) in [6.45, 7) is 0.631. The Bertz CT molecular complexity index is 1120. The lowest BCUT2D eigenvalue weighted by atomic mass is 10.1. The van der Waals surface area contributed by atoms with Gasteiger partial charge in [0.25, 0.3) is 0 Å². The predicted octanol–water partition coefficient (Wildman–Crippen LogP) is 1.15. The fourth-order valence-electron chi connectivity index (χ4n) is 3.15. The molecule has 10 heteroatoms. The second kappa shape index (κ2) is 6.78. The number of fused-ring (bicyclic) bond motifs is 1. The molecule has 0 radical (unpaired) electrons. The maximum atomic E-state index is 13.1. The molecule has 1 aliphatic rings. The van der Waals surface area contributed by atoms with E-state index in [1.807, 2.05) is 0 Å². The van der Waals surface area contributed by atoms with Crippen LogP contribution in [0.3, 0.4) is 0 Å². The van der Waals surface area contributed by atoms with Crippen molar-refractivity contribution in [2.45, 2.75) is 23.8 Å². The van der Waals surface area contributed by atoms with Gasteiger partial charge in [-0.1, -0.05) is 0 Å². The Morgan fingerprint density at radius 3 is 2.93 bits per heavy atom. The van der Waals surface area contributed by atoms with Gasteiger partial charge < -0.3 is 9.15 Å². The molecule has 1 fully saturated rings. The first-order chi connectivity index (χ1) is 12.9. The zero-order valence-electron chi connectivity index (χ0n) is 14.6. The van der Waals surface area contributed by atoms with Crippen molar-refractivity contribution in [2.24, 2.45) is 7.05 Å². The van der Waals surface area contributed by atoms with Crippen LogP contribution in [0.5, 0.6) is 5.88 Å². The van der Waals surface area contributed by atoms with Gasteiger partial charge in [-0.25, -0.2) is 18.2 Å². The zero-order valence-corrected chi connectivity index (χ0v) is 15.4. The summed E-state index contributed by atoms with van der Waals surface area (Å²) < 4.78 is 39.7. The van der Waals surface area contributed by atoms with Gasteiger partial charge in [-0.05, 0) is 31.0 Å². The van der Waals surface area contributed by atoms with Gasteiger partial charge in [-0.15, -0.1) is 0 Å². The van der Waals surface area contributed by atoms with Gasteiger partial charge in [-0.2, -0.15) is 4.31 Å². The minimum absolute atomic E-state index is 0.117. The number of rotatable bonds is 4. The van der Waals surface area contributed by atoms with Gasteiger partial charge in [0.1, 0.15) is 6.10 Å². The first-order valence-corrected chi connectivity index (χ1v) is 9.91. The number of piperidine rings is 1. The molecule has 2 aromatic heterocycles. The van der Waals surface area contributed by atoms with Crippen LogP contribution in [0.15, 0.2) is 50.9 Å². The molecule has 3 aromatic rings. The molecule has 3 heterocycles. The van der Waals surface area contributed by atoms with Crippen LogP contribution in [-0.4, -0.2) is 46.5 Å². The third-order valence-electron chi connectivity index (χ3n) is 4.57. The molecule has 142 valence electrons. The second-order valence-corrected chi connectivity index (χ2v) is 8.28. The van der Waals surface area contributed by atoms with Crippen LogP contribution in [0.4, 0.5) is 0 Å². The molecule has 0 unspecified atom stereocenters. The predicted molar refractivity (Wildman–Crippen MR) is 95.9 cm³/mol. The lowest BCUT2D eigenvalue weighted by molar-refractivity contribution is 0.124. The van der Waals surface area contributed by atoms with E-state index in [-0.39, 0.29) is 17.5 Å². The topological polar surface area (TPSA) is 108 Å². The van der Waals surface area contributed by atoms with E-state index >= 15 is 0 Å². The molecule has 0 amide bonds. The highest BCUT2D eigenvalue weighted by atomic mass is 32.2. The van der Waals surface area contributed by atoms with Gasteiger partial charge >= 0.3 is 5.76 Å². The Kier molecular flexibility index (Phi) is 4.44. The molecule has 9 nitrogen and oxygen atoms in total. The van der Waals surface area contributed by atoms with Gasteiger partial charge in [0.15, 0.2) is 5.58 Å². The Hall–Kier alpha value is -2.72. The molecule has 0 N–H and O–H groups in total. The fourth-order valence-corrected chi connectivity index (χ4v) is 4.68. The van der Waals surface area contributed by atoms with E-state index in [0.717, 1.165) is 6.42 Å². The van der Waals surface area contributed by atoms with E-state index in [0.29, 0.717) is 29.9 Å². The van der Waals surface area contributed by atoms with E-state index in [2.05, 4.69) is 9.97 Å². The summed E-state index contributed by atoms with van der Waals surface area (Å²) in [6.07, 6.45) is 5.68. The average Bonchev–Trinajstić information content (AvgIpc) is 2.96. The van der Waals surface area contributed by atoms with Crippen molar-refractivity contribution in [2.75, 3.05) is 13.1 Å². The molecular formula is C17H18N4O5S. The van der Waals surface area contributed by atoms with Crippen molar-refractivity contribution in [3.63, 3.8) is 0 Å². The minimum atomic E-state index is -3.73. The highest BCUT2D eigenvalue weighted by Gasteiger charge is 2.32. The van der Waals surface area contributed by atoms with E-state index in [1.54, 1.807) is 6.20 Å². The maximum Gasteiger partial charge on any atom is 0.419 e. The van der Waals surface area contributed by atoms with Gasteiger partial charge in [0.2, 0.25) is 15.9 Å². The first-order valence-electron chi connectivity index (χ1n) is 8.47. The number of hydrogen-bond donors (Lipinski definition) is 0. The number of aromatic nitrogens is 3. The Labute approximate surface area is 155 Å². The van der Waals surface area contributed by atoms with Crippen LogP contribution in [-0.2, 0) is 17.1 Å². The smallest absolute Gasteiger partial charge is 0.419 e. The molecule has 1 aromatic carbocycles. The van der Waals surface area contributed by atoms with Crippen molar-refractivity contribution in [3.05, 3.63) is 47.3 Å². The Morgan fingerprint density at radius 1 is 1.30 bits per heavy atom. The molecule has 0 bridgehead atoms. The van der Waals surface area contributed by atoms with Crippen LogP contribution in [0, 0.1) is 0 Å². The largest absolute Gasteiger partial charge is 0.472 e. The van der Waals surface area contributed by atoms with E-state index < -0.39 is 15.8 Å². The highest BCUT2D eigenvalue weighted by Crippen LogP contribution is 2.25. The molecule has 0 saturated carbocycles. The molecule has 4 rings (SSSR count). The Balaban J connectivity index is 1.59. The average molecular weight is 390 g/mol. The molecule has 1 aliphatic heterocycles. The van der Waals surface area contributed by atoms with Crippen LogP contribution in [0.1, 0.15) is 12.8 Å². The summed E-state index contributed by atoms with van der Waals surface area (Å²) in [5, 5.41) is 0. The lowest BCUT2D eigenvalue weighted by Crippen LogP contribution is -2.44. The highest BCUT2D eigenvalue weighted by molar-refractivity contribution is 7.89. The van der Waals surface area contributed by atoms with E-state index in [4.69, 9.17) is 9.15 Å². The van der Waals surface area contributed by atoms with E-state index in [9.17, 15) is 13.2 Å². The monoisotopic (exact) mass is 390 g/mol. The van der Waals surface area contributed by atoms with Crippen LogP contribution in [0.25, 0.3) is 11.1 Å². The number of sulfonamides is 1. The van der Waals surface area contributed by atoms with Crippen LogP contribution in [0.2, 0.25) is 0 Å². The van der Waals surface area contributed by atoms with Crippen LogP contribution < -0.4 is 10.5 Å². The summed E-state index contributed by atoms with van der Waals surface area (Å²) in [6, 6.07) is 4.41. The number of benzene rings is 1. The Morgan fingerprint density at radius 2 is 2.15 bits per heavy atom. The van der Waals surface area contributed by atoms with Gasteiger partial charge in [-0.3, -0.25) is 9.55 Å². The summed E-state index contributed by atoms with van der Waals surface area (Å²) in [7, 11) is -2.19. The number of nitrogens with zero attached hydrogens (tertiary/aromatic N) is 4. The number of ether oxygens (including phenoxy) is 1. The third kappa shape index (κ3) is 3.33. The van der Waals surface area contributed by atoms with Crippen molar-refractivity contribution in [1.29, 1.82) is 0 Å². The van der Waals surface area contributed by atoms with Gasteiger partial charge in [0, 0.05) is 26.0 Å². The molecular weight excluding hydrogens is 372 g/mol. The second-order valence-electron chi connectivity index (χ2n) is 6.35. The van der Waals surface area contributed by atoms with Gasteiger partial charge in [0.05, 0.1) is 23.2 Å². The summed E-state index contributed by atoms with van der Waals surface area (Å²) in [4.78, 5) is 19.8. The zero-order chi connectivity index (χ0) is 19.0. The molecule has 1 atom stereocenters. The quantitative estimate of drug-likeness (QED) is 0.658. The summed E-state index contributed by atoms with van der Waals surface area (Å²) >= 11 is 0. The standard InChI is InChI=1S/C17H18N4O5S/c1-20-14-9-13(4-5-15(14)26-17(20)22)27(23,24)21-8-2-3-12(11-21)25-16-10-18-6-7-19-16/h4-7,9-10,12H,2-3,8,11H2,1H3/t12-/m1/s1. The van der Waals surface area contributed by atoms with Crippen molar-refractivity contribution >= 4 is 21.1 Å². The first kappa shape index (κ1) is 17.7. The minimum Gasteiger partial charge on any atom is -0.472 e. The van der Waals surface area contributed by atoms with Crippen LogP contribution >= 0.6 is 0 Å². The molecule has 27 heavy (non-hydrogen) atoms. The molecule has 0 aliphatic carbocycles. The normalized spacial score (nSPS) is 18.6. The maximum absolute atomic E-state index is 13.1. The van der Waals surface area contributed by atoms with E-state index in [1.165, 1.54) is 46.5 Å². The summed E-state index contributed by atoms with van der Waals surface area (Å²) in [5.41, 5.74) is 0.786. The van der Waals surface area contributed by atoms with Crippen molar-refractivity contribution in [1.82, 2.24) is 18.8 Å².